The van der Waals surface area contributed by atoms with Crippen molar-refractivity contribution in [3.8, 4) is 0 Å². The molecule has 1 aromatic heterocycles. The van der Waals surface area contributed by atoms with Crippen molar-refractivity contribution in [2.75, 3.05) is 11.4 Å². The van der Waals surface area contributed by atoms with Gasteiger partial charge in [0.05, 0.1) is 0 Å². The lowest BCUT2D eigenvalue weighted by Gasteiger charge is -2.29. The van der Waals surface area contributed by atoms with Crippen molar-refractivity contribution in [2.45, 2.75) is 52.6 Å². The monoisotopic (exact) mass is 254 g/mol. The smallest absolute Gasteiger partial charge is 0.226 e. The minimum absolute atomic E-state index is 0.352. The van der Waals surface area contributed by atoms with Crippen LogP contribution in [0.25, 0.3) is 0 Å². The third-order valence-electron chi connectivity index (χ3n) is 3.53. The fourth-order valence-corrected chi connectivity index (χ4v) is 3.04. The minimum atomic E-state index is 0.352. The van der Waals surface area contributed by atoms with Crippen molar-refractivity contribution in [1.82, 2.24) is 14.8 Å². The van der Waals surface area contributed by atoms with Crippen LogP contribution in [0.2, 0.25) is 0 Å². The molecule has 1 aromatic rings. The molecule has 0 bridgehead atoms. The molecule has 1 N–H and O–H groups in total. The first-order valence-electron chi connectivity index (χ1n) is 6.46. The number of rotatable bonds is 3. The van der Waals surface area contributed by atoms with Gasteiger partial charge in [0, 0.05) is 18.6 Å². The highest BCUT2D eigenvalue weighted by Crippen LogP contribution is 2.29. The lowest BCUT2D eigenvalue weighted by Crippen LogP contribution is -2.35. The highest BCUT2D eigenvalue weighted by atomic mass is 32.1. The van der Waals surface area contributed by atoms with Gasteiger partial charge in [-0.25, -0.2) is 5.10 Å². The molecule has 1 unspecified atom stereocenters. The number of aromatic nitrogens is 3. The van der Waals surface area contributed by atoms with Crippen molar-refractivity contribution in [3.05, 3.63) is 4.77 Å². The van der Waals surface area contributed by atoms with Crippen LogP contribution in [0, 0.1) is 10.7 Å². The summed E-state index contributed by atoms with van der Waals surface area (Å²) in [5.41, 5.74) is 0. The van der Waals surface area contributed by atoms with Crippen molar-refractivity contribution < 1.29 is 0 Å². The van der Waals surface area contributed by atoms with E-state index in [1.807, 2.05) is 0 Å². The molecule has 0 spiro atoms. The summed E-state index contributed by atoms with van der Waals surface area (Å²) in [4.78, 5) is 2.41. The Bertz CT molecular complexity index is 432. The van der Waals surface area contributed by atoms with E-state index < -0.39 is 0 Å². The molecule has 1 atom stereocenters. The molecule has 0 radical (unpaired) electrons. The van der Waals surface area contributed by atoms with Crippen molar-refractivity contribution in [2.24, 2.45) is 5.92 Å². The molecule has 2 rings (SSSR count). The van der Waals surface area contributed by atoms with Gasteiger partial charge in [0.15, 0.2) is 4.77 Å². The molecular weight excluding hydrogens is 232 g/mol. The van der Waals surface area contributed by atoms with Gasteiger partial charge in [-0.05, 0) is 44.8 Å². The van der Waals surface area contributed by atoms with Gasteiger partial charge in [-0.1, -0.05) is 13.8 Å². The zero-order valence-corrected chi connectivity index (χ0v) is 11.9. The molecule has 4 nitrogen and oxygen atoms in total. The quantitative estimate of drug-likeness (QED) is 0.842. The van der Waals surface area contributed by atoms with E-state index in [9.17, 15) is 0 Å². The lowest BCUT2D eigenvalue weighted by atomic mass is 10.0. The van der Waals surface area contributed by atoms with Gasteiger partial charge in [0.1, 0.15) is 0 Å². The molecule has 5 heteroatoms. The Morgan fingerprint density at radius 2 is 2.06 bits per heavy atom. The van der Waals surface area contributed by atoms with Crippen LogP contribution in [0.4, 0.5) is 5.95 Å². The fraction of sp³-hybridized carbons (Fsp3) is 0.833. The van der Waals surface area contributed by atoms with E-state index in [-0.39, 0.29) is 0 Å². The van der Waals surface area contributed by atoms with Gasteiger partial charge >= 0.3 is 0 Å². The second-order valence-corrected chi connectivity index (χ2v) is 5.83. The molecule has 0 aliphatic carbocycles. The predicted molar refractivity (Wildman–Crippen MR) is 73.0 cm³/mol. The Balaban J connectivity index is 2.37. The maximum absolute atomic E-state index is 5.31. The van der Waals surface area contributed by atoms with Gasteiger partial charge in [-0.3, -0.25) is 4.57 Å². The largest absolute Gasteiger partial charge is 0.338 e. The number of aromatic amines is 1. The first kappa shape index (κ1) is 12.6. The Labute approximate surface area is 108 Å². The number of H-pyrrole nitrogens is 1. The zero-order valence-electron chi connectivity index (χ0n) is 11.1. The van der Waals surface area contributed by atoms with Crippen LogP contribution >= 0.6 is 12.2 Å². The summed E-state index contributed by atoms with van der Waals surface area (Å²) in [6.45, 7) is 9.95. The van der Waals surface area contributed by atoms with E-state index in [1.165, 1.54) is 12.8 Å². The van der Waals surface area contributed by atoms with E-state index >= 15 is 0 Å². The predicted octanol–water partition coefficient (Wildman–Crippen LogP) is 3.15. The summed E-state index contributed by atoms with van der Waals surface area (Å²) in [7, 11) is 0. The molecular formula is C12H22N4S. The molecule has 2 heterocycles. The Morgan fingerprint density at radius 1 is 1.35 bits per heavy atom. The molecule has 0 amide bonds. The Morgan fingerprint density at radius 3 is 2.65 bits per heavy atom. The molecule has 1 aliphatic rings. The van der Waals surface area contributed by atoms with Crippen LogP contribution in [0.5, 0.6) is 0 Å². The SMILES string of the molecule is CC(C)C1CCCN1c1n[nH]c(=S)n1C(C)C. The van der Waals surface area contributed by atoms with Gasteiger partial charge in [-0.2, -0.15) is 0 Å². The summed E-state index contributed by atoms with van der Waals surface area (Å²) in [6.07, 6.45) is 2.51. The third kappa shape index (κ3) is 2.25. The molecule has 1 fully saturated rings. The maximum Gasteiger partial charge on any atom is 0.226 e. The highest BCUT2D eigenvalue weighted by molar-refractivity contribution is 7.71. The van der Waals surface area contributed by atoms with E-state index in [2.05, 4.69) is 47.4 Å². The van der Waals surface area contributed by atoms with Crippen LogP contribution < -0.4 is 4.90 Å². The zero-order chi connectivity index (χ0) is 12.6. The van der Waals surface area contributed by atoms with Crippen LogP contribution in [-0.4, -0.2) is 27.4 Å². The van der Waals surface area contributed by atoms with Crippen LogP contribution in [0.1, 0.15) is 46.6 Å². The first-order valence-corrected chi connectivity index (χ1v) is 6.86. The maximum atomic E-state index is 5.31. The normalized spacial score (nSPS) is 20.8. The number of nitrogens with one attached hydrogen (secondary N) is 1. The lowest BCUT2D eigenvalue weighted by molar-refractivity contribution is 0.475. The summed E-state index contributed by atoms with van der Waals surface area (Å²) in [5.74, 6) is 1.67. The first-order chi connectivity index (χ1) is 8.02. The average molecular weight is 254 g/mol. The molecule has 96 valence electrons. The molecule has 17 heavy (non-hydrogen) atoms. The van der Waals surface area contributed by atoms with Gasteiger partial charge < -0.3 is 4.90 Å². The van der Waals surface area contributed by atoms with Gasteiger partial charge in [0.2, 0.25) is 5.95 Å². The third-order valence-corrected chi connectivity index (χ3v) is 3.82. The molecule has 0 aromatic carbocycles. The Kier molecular flexibility index (Phi) is 3.56. The standard InChI is InChI=1S/C12H22N4S/c1-8(2)10-6-5-7-15(10)11-13-14-12(17)16(11)9(3)4/h8-10H,5-7H2,1-4H3,(H,14,17). The molecule has 1 saturated heterocycles. The number of hydrogen-bond donors (Lipinski definition) is 1. The summed E-state index contributed by atoms with van der Waals surface area (Å²) < 4.78 is 2.85. The number of anilines is 1. The van der Waals surface area contributed by atoms with E-state index in [0.29, 0.717) is 18.0 Å². The fourth-order valence-electron chi connectivity index (χ4n) is 2.70. The summed E-state index contributed by atoms with van der Waals surface area (Å²) in [6, 6.07) is 0.947. The van der Waals surface area contributed by atoms with E-state index in [0.717, 1.165) is 17.3 Å². The van der Waals surface area contributed by atoms with Gasteiger partial charge in [0.25, 0.3) is 0 Å². The van der Waals surface area contributed by atoms with Crippen molar-refractivity contribution in [1.29, 1.82) is 0 Å². The van der Waals surface area contributed by atoms with Gasteiger partial charge in [-0.15, -0.1) is 5.10 Å². The summed E-state index contributed by atoms with van der Waals surface area (Å²) >= 11 is 5.31. The Hall–Kier alpha value is -0.840. The van der Waals surface area contributed by atoms with Crippen molar-refractivity contribution >= 4 is 18.2 Å². The second-order valence-electron chi connectivity index (χ2n) is 5.44. The molecule has 1 aliphatic heterocycles. The van der Waals surface area contributed by atoms with Crippen molar-refractivity contribution in [3.63, 3.8) is 0 Å². The molecule has 0 saturated carbocycles. The second kappa shape index (κ2) is 4.80. The number of nitrogens with zero attached hydrogens (tertiary/aromatic N) is 3. The topological polar surface area (TPSA) is 36.9 Å². The summed E-state index contributed by atoms with van der Waals surface area (Å²) in [5, 5.41) is 7.35. The minimum Gasteiger partial charge on any atom is -0.338 e. The number of hydrogen-bond acceptors (Lipinski definition) is 3. The van der Waals surface area contributed by atoms with Crippen LogP contribution in [0.3, 0.4) is 0 Å². The van der Waals surface area contributed by atoms with E-state index in [4.69, 9.17) is 12.2 Å². The van der Waals surface area contributed by atoms with Crippen LogP contribution in [0.15, 0.2) is 0 Å². The van der Waals surface area contributed by atoms with E-state index in [1.54, 1.807) is 0 Å². The highest BCUT2D eigenvalue weighted by Gasteiger charge is 2.30. The van der Waals surface area contributed by atoms with Crippen LogP contribution in [-0.2, 0) is 0 Å². The average Bonchev–Trinajstić information content (AvgIpc) is 2.82.